The summed E-state index contributed by atoms with van der Waals surface area (Å²) in [6, 6.07) is 9.06. The molecule has 0 aliphatic carbocycles. The first-order valence-electron chi connectivity index (χ1n) is 7.58. The molecular weight excluding hydrogens is 385 g/mol. The van der Waals surface area contributed by atoms with Crippen molar-refractivity contribution in [3.63, 3.8) is 0 Å². The molecule has 0 spiro atoms. The number of aromatic carboxylic acids is 1. The predicted molar refractivity (Wildman–Crippen MR) is 99.3 cm³/mol. The van der Waals surface area contributed by atoms with Crippen LogP contribution in [0.4, 0.5) is 5.69 Å². The highest BCUT2D eigenvalue weighted by atomic mass is 35.5. The first kappa shape index (κ1) is 19.6. The molecular formula is C17H17Cl2NO4S. The molecule has 0 unspecified atom stereocenters. The van der Waals surface area contributed by atoms with Gasteiger partial charge >= 0.3 is 5.97 Å². The fourth-order valence-electron chi connectivity index (χ4n) is 2.23. The highest BCUT2D eigenvalue weighted by Crippen LogP contribution is 2.30. The molecule has 25 heavy (non-hydrogen) atoms. The van der Waals surface area contributed by atoms with E-state index in [4.69, 9.17) is 28.3 Å². The monoisotopic (exact) mass is 401 g/mol. The topological polar surface area (TPSA) is 83.5 Å². The van der Waals surface area contributed by atoms with Crippen molar-refractivity contribution in [3.8, 4) is 0 Å². The Kier molecular flexibility index (Phi) is 6.32. The number of rotatable bonds is 7. The number of carboxylic acid groups (broad SMARTS) is 1. The van der Waals surface area contributed by atoms with Gasteiger partial charge in [0.05, 0.1) is 15.6 Å². The van der Waals surface area contributed by atoms with Crippen LogP contribution in [0, 0.1) is 0 Å². The number of aryl methyl sites for hydroxylation is 1. The average molecular weight is 402 g/mol. The maximum Gasteiger partial charge on any atom is 0.337 e. The second-order valence-electron chi connectivity index (χ2n) is 5.47. The molecule has 0 amide bonds. The normalized spacial score (nSPS) is 11.3. The van der Waals surface area contributed by atoms with Crippen molar-refractivity contribution in [1.29, 1.82) is 0 Å². The number of carboxylic acids is 1. The molecule has 0 aliphatic heterocycles. The van der Waals surface area contributed by atoms with Crippen molar-refractivity contribution in [3.05, 3.63) is 57.6 Å². The Morgan fingerprint density at radius 3 is 2.32 bits per heavy atom. The van der Waals surface area contributed by atoms with Crippen molar-refractivity contribution < 1.29 is 18.3 Å². The zero-order valence-electron chi connectivity index (χ0n) is 13.4. The maximum absolute atomic E-state index is 12.5. The van der Waals surface area contributed by atoms with Gasteiger partial charge in [-0.2, -0.15) is 0 Å². The number of unbranched alkanes of at least 4 members (excludes halogenated alkanes) is 1. The fourth-order valence-corrected chi connectivity index (χ4v) is 4.14. The lowest BCUT2D eigenvalue weighted by Gasteiger charge is -2.11. The number of benzene rings is 2. The Balaban J connectivity index is 2.30. The van der Waals surface area contributed by atoms with Gasteiger partial charge in [-0.25, -0.2) is 13.2 Å². The summed E-state index contributed by atoms with van der Waals surface area (Å²) in [6.07, 6.45) is 3.06. The lowest BCUT2D eigenvalue weighted by molar-refractivity contribution is 0.0697. The van der Waals surface area contributed by atoms with Crippen LogP contribution in [0.1, 0.15) is 35.7 Å². The lowest BCUT2D eigenvalue weighted by Crippen LogP contribution is -2.14. The Bertz CT molecular complexity index is 880. The molecule has 5 nitrogen and oxygen atoms in total. The molecule has 0 saturated carbocycles. The molecule has 0 bridgehead atoms. The molecule has 2 aromatic rings. The summed E-state index contributed by atoms with van der Waals surface area (Å²) in [5.74, 6) is -1.33. The highest BCUT2D eigenvalue weighted by Gasteiger charge is 2.22. The minimum atomic E-state index is -4.05. The van der Waals surface area contributed by atoms with E-state index in [1.807, 2.05) is 12.1 Å². The highest BCUT2D eigenvalue weighted by molar-refractivity contribution is 7.92. The summed E-state index contributed by atoms with van der Waals surface area (Å²) >= 11 is 11.7. The van der Waals surface area contributed by atoms with Gasteiger partial charge in [-0.15, -0.1) is 0 Å². The van der Waals surface area contributed by atoms with Crippen molar-refractivity contribution in [2.45, 2.75) is 31.1 Å². The van der Waals surface area contributed by atoms with Gasteiger partial charge in [-0.1, -0.05) is 48.7 Å². The van der Waals surface area contributed by atoms with E-state index in [0.29, 0.717) is 5.69 Å². The largest absolute Gasteiger partial charge is 0.478 e. The number of anilines is 1. The van der Waals surface area contributed by atoms with E-state index in [-0.39, 0.29) is 20.5 Å². The van der Waals surface area contributed by atoms with E-state index in [1.165, 1.54) is 0 Å². The fraction of sp³-hybridized carbons (Fsp3) is 0.235. The summed E-state index contributed by atoms with van der Waals surface area (Å²) in [5, 5.41) is 8.82. The van der Waals surface area contributed by atoms with Gasteiger partial charge in [0.15, 0.2) is 0 Å². The Hall–Kier alpha value is -1.76. The standard InChI is InChI=1S/C17H17Cl2NO4S/c1-2-3-4-11-5-7-12(8-6-11)20-25(23,24)16-9-13(17(21)22)14(18)10-15(16)19/h5-10,20H,2-4H2,1H3,(H,21,22). The quantitative estimate of drug-likeness (QED) is 0.695. The molecule has 8 heteroatoms. The molecule has 2 aromatic carbocycles. The number of nitrogens with one attached hydrogen (secondary N) is 1. The van der Waals surface area contributed by atoms with Crippen LogP contribution in [-0.4, -0.2) is 19.5 Å². The van der Waals surface area contributed by atoms with Crippen molar-refractivity contribution in [2.75, 3.05) is 4.72 Å². The van der Waals surface area contributed by atoms with Crippen LogP contribution >= 0.6 is 23.2 Å². The molecule has 0 aromatic heterocycles. The Morgan fingerprint density at radius 1 is 1.12 bits per heavy atom. The van der Waals surface area contributed by atoms with Gasteiger partial charge < -0.3 is 5.11 Å². The van der Waals surface area contributed by atoms with Crippen LogP contribution in [0.2, 0.25) is 10.0 Å². The molecule has 2 N–H and O–H groups in total. The molecule has 0 saturated heterocycles. The van der Waals surface area contributed by atoms with E-state index in [2.05, 4.69) is 11.6 Å². The molecule has 0 atom stereocenters. The third-order valence-electron chi connectivity index (χ3n) is 3.57. The second kappa shape index (κ2) is 8.08. The number of hydrogen-bond acceptors (Lipinski definition) is 3. The van der Waals surface area contributed by atoms with Crippen LogP contribution in [0.5, 0.6) is 0 Å². The van der Waals surface area contributed by atoms with Gasteiger partial charge in [0.1, 0.15) is 4.90 Å². The smallest absolute Gasteiger partial charge is 0.337 e. The van der Waals surface area contributed by atoms with Gasteiger partial charge in [0.2, 0.25) is 0 Å². The summed E-state index contributed by atoms with van der Waals surface area (Å²) < 4.78 is 27.5. The SMILES string of the molecule is CCCCc1ccc(NS(=O)(=O)c2cc(C(=O)O)c(Cl)cc2Cl)cc1. The zero-order valence-corrected chi connectivity index (χ0v) is 15.7. The van der Waals surface area contributed by atoms with Crippen LogP contribution < -0.4 is 4.72 Å². The molecule has 0 fully saturated rings. The first-order chi connectivity index (χ1) is 11.7. The molecule has 0 aliphatic rings. The zero-order chi connectivity index (χ0) is 18.6. The summed E-state index contributed by atoms with van der Waals surface area (Å²) in [5.41, 5.74) is 1.15. The third kappa shape index (κ3) is 4.87. The van der Waals surface area contributed by atoms with Crippen LogP contribution in [-0.2, 0) is 16.4 Å². The van der Waals surface area contributed by atoms with Crippen molar-refractivity contribution >= 4 is 44.9 Å². The van der Waals surface area contributed by atoms with Gasteiger partial charge in [-0.3, -0.25) is 4.72 Å². The number of sulfonamides is 1. The third-order valence-corrected chi connectivity index (χ3v) is 5.73. The van der Waals surface area contributed by atoms with Gasteiger partial charge in [0, 0.05) is 5.69 Å². The van der Waals surface area contributed by atoms with E-state index >= 15 is 0 Å². The van der Waals surface area contributed by atoms with Crippen molar-refractivity contribution in [2.24, 2.45) is 0 Å². The second-order valence-corrected chi connectivity index (χ2v) is 7.94. The molecule has 134 valence electrons. The average Bonchev–Trinajstić information content (AvgIpc) is 2.53. The van der Waals surface area contributed by atoms with Crippen LogP contribution in [0.25, 0.3) is 0 Å². The number of carbonyl (C=O) groups is 1. The predicted octanol–water partition coefficient (Wildman–Crippen LogP) is 4.84. The summed E-state index contributed by atoms with van der Waals surface area (Å²) in [4.78, 5) is 10.8. The van der Waals surface area contributed by atoms with E-state index in [1.54, 1.807) is 12.1 Å². The first-order valence-corrected chi connectivity index (χ1v) is 9.82. The van der Waals surface area contributed by atoms with E-state index in [0.717, 1.165) is 37.0 Å². The van der Waals surface area contributed by atoms with Crippen molar-refractivity contribution in [1.82, 2.24) is 0 Å². The Morgan fingerprint density at radius 2 is 1.76 bits per heavy atom. The van der Waals surface area contributed by atoms with Crippen LogP contribution in [0.3, 0.4) is 0 Å². The lowest BCUT2D eigenvalue weighted by atomic mass is 10.1. The molecule has 0 radical (unpaired) electrons. The molecule has 0 heterocycles. The summed E-state index contributed by atoms with van der Waals surface area (Å²) in [6.45, 7) is 2.10. The minimum absolute atomic E-state index is 0.128. The number of hydrogen-bond donors (Lipinski definition) is 2. The van der Waals surface area contributed by atoms with Crippen LogP contribution in [0.15, 0.2) is 41.3 Å². The maximum atomic E-state index is 12.5. The summed E-state index contributed by atoms with van der Waals surface area (Å²) in [7, 11) is -4.05. The number of halogens is 2. The van der Waals surface area contributed by atoms with Gasteiger partial charge in [0.25, 0.3) is 10.0 Å². The minimum Gasteiger partial charge on any atom is -0.478 e. The van der Waals surface area contributed by atoms with E-state index in [9.17, 15) is 13.2 Å². The molecule has 2 rings (SSSR count). The van der Waals surface area contributed by atoms with Gasteiger partial charge in [-0.05, 0) is 42.7 Å². The Labute approximate surface area is 156 Å². The van der Waals surface area contributed by atoms with E-state index < -0.39 is 16.0 Å².